The molecule has 1 fully saturated rings. The van der Waals surface area contributed by atoms with Crippen molar-refractivity contribution in [3.63, 3.8) is 0 Å². The summed E-state index contributed by atoms with van der Waals surface area (Å²) >= 11 is 0. The van der Waals surface area contributed by atoms with Gasteiger partial charge in [0.2, 0.25) is 0 Å². The van der Waals surface area contributed by atoms with E-state index in [4.69, 9.17) is 14.2 Å². The number of carbonyl (C=O) groups excluding carboxylic acids is 1. The molecule has 0 N–H and O–H groups in total. The Morgan fingerprint density at radius 1 is 1.03 bits per heavy atom. The number of hydrogen-bond acceptors (Lipinski definition) is 5. The standard InChI is InChI=1S/C24H25N3O4/c1-26-15-19(23(25-26)18-8-9-20-21(14-18)30-12-5-11-29-20)24(28)27-10-13-31-22(16-27)17-6-3-2-4-7-17/h2-4,6-9,14-15,22H,5,10-13,16H2,1H3/t22-/m0/s1. The molecule has 7 heteroatoms. The van der Waals surface area contributed by atoms with Gasteiger partial charge in [-0.15, -0.1) is 0 Å². The number of morpholine rings is 1. The largest absolute Gasteiger partial charge is 0.490 e. The van der Waals surface area contributed by atoms with Crippen molar-refractivity contribution in [1.29, 1.82) is 0 Å². The third-order valence-corrected chi connectivity index (χ3v) is 5.61. The van der Waals surface area contributed by atoms with E-state index in [1.165, 1.54) is 0 Å². The maximum atomic E-state index is 13.5. The van der Waals surface area contributed by atoms with Gasteiger partial charge in [-0.2, -0.15) is 5.10 Å². The summed E-state index contributed by atoms with van der Waals surface area (Å²) in [6, 6.07) is 15.7. The number of aryl methyl sites for hydroxylation is 1. The number of hydrogen-bond donors (Lipinski definition) is 0. The summed E-state index contributed by atoms with van der Waals surface area (Å²) in [4.78, 5) is 15.3. The van der Waals surface area contributed by atoms with Crippen LogP contribution in [0.1, 0.15) is 28.4 Å². The number of ether oxygens (including phenoxy) is 3. The van der Waals surface area contributed by atoms with Crippen molar-refractivity contribution in [2.75, 3.05) is 32.9 Å². The third-order valence-electron chi connectivity index (χ3n) is 5.61. The van der Waals surface area contributed by atoms with E-state index in [-0.39, 0.29) is 12.0 Å². The molecule has 0 bridgehead atoms. The monoisotopic (exact) mass is 419 g/mol. The summed E-state index contributed by atoms with van der Waals surface area (Å²) < 4.78 is 19.2. The average Bonchev–Trinajstić information content (AvgIpc) is 3.05. The molecule has 0 unspecified atom stereocenters. The first-order valence-corrected chi connectivity index (χ1v) is 10.6. The van der Waals surface area contributed by atoms with E-state index in [9.17, 15) is 4.79 Å². The van der Waals surface area contributed by atoms with Crippen LogP contribution in [0, 0.1) is 0 Å². The van der Waals surface area contributed by atoms with Gasteiger partial charge in [0, 0.05) is 31.8 Å². The molecule has 1 amide bonds. The van der Waals surface area contributed by atoms with Gasteiger partial charge in [-0.25, -0.2) is 0 Å². The van der Waals surface area contributed by atoms with Crippen molar-refractivity contribution in [3.05, 3.63) is 65.9 Å². The van der Waals surface area contributed by atoms with Gasteiger partial charge < -0.3 is 19.1 Å². The number of aromatic nitrogens is 2. The highest BCUT2D eigenvalue weighted by molar-refractivity contribution is 6.00. The third kappa shape index (κ3) is 4.01. The molecule has 0 aliphatic carbocycles. The minimum Gasteiger partial charge on any atom is -0.490 e. The highest BCUT2D eigenvalue weighted by Crippen LogP contribution is 2.35. The zero-order chi connectivity index (χ0) is 21.2. The first-order valence-electron chi connectivity index (χ1n) is 10.6. The van der Waals surface area contributed by atoms with Crippen LogP contribution in [0.5, 0.6) is 11.5 Å². The lowest BCUT2D eigenvalue weighted by atomic mass is 10.0. The maximum Gasteiger partial charge on any atom is 0.257 e. The van der Waals surface area contributed by atoms with E-state index in [0.717, 1.165) is 23.3 Å². The van der Waals surface area contributed by atoms with Crippen molar-refractivity contribution in [1.82, 2.24) is 14.7 Å². The van der Waals surface area contributed by atoms with Crippen molar-refractivity contribution in [2.45, 2.75) is 12.5 Å². The van der Waals surface area contributed by atoms with Crippen LogP contribution >= 0.6 is 0 Å². The first-order chi connectivity index (χ1) is 15.2. The highest BCUT2D eigenvalue weighted by atomic mass is 16.5. The Balaban J connectivity index is 1.42. The summed E-state index contributed by atoms with van der Waals surface area (Å²) in [5.41, 5.74) is 3.13. The molecular formula is C24H25N3O4. The fraction of sp³-hybridized carbons (Fsp3) is 0.333. The Morgan fingerprint density at radius 2 is 1.84 bits per heavy atom. The van der Waals surface area contributed by atoms with Crippen LogP contribution in [0.25, 0.3) is 11.3 Å². The lowest BCUT2D eigenvalue weighted by Crippen LogP contribution is -2.42. The minimum absolute atomic E-state index is 0.0422. The molecule has 1 aromatic heterocycles. The summed E-state index contributed by atoms with van der Waals surface area (Å²) in [5, 5.41) is 4.59. The number of carbonyl (C=O) groups is 1. The van der Waals surface area contributed by atoms with Gasteiger partial charge in [-0.1, -0.05) is 30.3 Å². The fourth-order valence-electron chi connectivity index (χ4n) is 4.04. The predicted molar refractivity (Wildman–Crippen MR) is 115 cm³/mol. The summed E-state index contributed by atoms with van der Waals surface area (Å²) in [6.07, 6.45) is 2.50. The van der Waals surface area contributed by atoms with Gasteiger partial charge in [0.25, 0.3) is 5.91 Å². The zero-order valence-corrected chi connectivity index (χ0v) is 17.5. The molecule has 0 spiro atoms. The molecule has 2 aliphatic rings. The van der Waals surface area contributed by atoms with Gasteiger partial charge in [0.1, 0.15) is 11.8 Å². The van der Waals surface area contributed by atoms with E-state index in [0.29, 0.717) is 49.9 Å². The van der Waals surface area contributed by atoms with E-state index in [1.807, 2.05) is 60.5 Å². The lowest BCUT2D eigenvalue weighted by Gasteiger charge is -2.33. The number of nitrogens with zero attached hydrogens (tertiary/aromatic N) is 3. The summed E-state index contributed by atoms with van der Waals surface area (Å²) in [5.74, 6) is 1.37. The number of fused-ring (bicyclic) bond motifs is 1. The SMILES string of the molecule is Cn1cc(C(=O)N2CCO[C@H](c3ccccc3)C2)c(-c2ccc3c(c2)OCCCO3)n1. The van der Waals surface area contributed by atoms with Crippen LogP contribution in [-0.4, -0.2) is 53.5 Å². The topological polar surface area (TPSA) is 65.8 Å². The van der Waals surface area contributed by atoms with Gasteiger partial charge in [0.05, 0.1) is 31.9 Å². The van der Waals surface area contributed by atoms with Gasteiger partial charge in [-0.3, -0.25) is 9.48 Å². The van der Waals surface area contributed by atoms with Gasteiger partial charge in [-0.05, 0) is 23.8 Å². The average molecular weight is 419 g/mol. The summed E-state index contributed by atoms with van der Waals surface area (Å²) in [6.45, 7) is 2.82. The number of amides is 1. The molecule has 3 aromatic rings. The Morgan fingerprint density at radius 3 is 2.68 bits per heavy atom. The Kier molecular flexibility index (Phi) is 5.34. The molecule has 5 rings (SSSR count). The molecule has 1 atom stereocenters. The molecule has 7 nitrogen and oxygen atoms in total. The van der Waals surface area contributed by atoms with E-state index in [1.54, 1.807) is 10.9 Å². The lowest BCUT2D eigenvalue weighted by molar-refractivity contribution is -0.0228. The van der Waals surface area contributed by atoms with Crippen LogP contribution in [0.15, 0.2) is 54.7 Å². The molecule has 2 aromatic carbocycles. The van der Waals surface area contributed by atoms with Crippen molar-refractivity contribution in [2.24, 2.45) is 7.05 Å². The summed E-state index contributed by atoms with van der Waals surface area (Å²) in [7, 11) is 1.83. The number of rotatable bonds is 3. The van der Waals surface area contributed by atoms with Crippen LogP contribution in [0.3, 0.4) is 0 Å². The molecule has 0 radical (unpaired) electrons. The maximum absolute atomic E-state index is 13.5. The molecule has 3 heterocycles. The molecule has 1 saturated heterocycles. The van der Waals surface area contributed by atoms with Crippen LogP contribution < -0.4 is 9.47 Å². The van der Waals surface area contributed by atoms with Crippen molar-refractivity contribution < 1.29 is 19.0 Å². The molecule has 0 saturated carbocycles. The van der Waals surface area contributed by atoms with Gasteiger partial charge >= 0.3 is 0 Å². The second kappa shape index (κ2) is 8.43. The quantitative estimate of drug-likeness (QED) is 0.651. The normalized spacial score (nSPS) is 18.5. The van der Waals surface area contributed by atoms with E-state index < -0.39 is 0 Å². The predicted octanol–water partition coefficient (Wildman–Crippen LogP) is 3.46. The van der Waals surface area contributed by atoms with E-state index >= 15 is 0 Å². The second-order valence-electron chi connectivity index (χ2n) is 7.80. The smallest absolute Gasteiger partial charge is 0.257 e. The van der Waals surface area contributed by atoms with Crippen molar-refractivity contribution >= 4 is 5.91 Å². The Bertz CT molecular complexity index is 1080. The van der Waals surface area contributed by atoms with Crippen LogP contribution in [0.2, 0.25) is 0 Å². The first kappa shape index (κ1) is 19.6. The second-order valence-corrected chi connectivity index (χ2v) is 7.80. The molecule has 31 heavy (non-hydrogen) atoms. The molecule has 160 valence electrons. The van der Waals surface area contributed by atoms with Crippen LogP contribution in [-0.2, 0) is 11.8 Å². The zero-order valence-electron chi connectivity index (χ0n) is 17.5. The van der Waals surface area contributed by atoms with Gasteiger partial charge in [0.15, 0.2) is 11.5 Å². The molecular weight excluding hydrogens is 394 g/mol. The Hall–Kier alpha value is -3.32. The molecule has 2 aliphatic heterocycles. The number of benzene rings is 2. The minimum atomic E-state index is -0.128. The highest BCUT2D eigenvalue weighted by Gasteiger charge is 2.29. The van der Waals surface area contributed by atoms with Crippen molar-refractivity contribution in [3.8, 4) is 22.8 Å². The van der Waals surface area contributed by atoms with E-state index in [2.05, 4.69) is 5.10 Å². The fourth-order valence-corrected chi connectivity index (χ4v) is 4.04. The van der Waals surface area contributed by atoms with Crippen LogP contribution in [0.4, 0.5) is 0 Å². The Labute approximate surface area is 181 Å².